The SMILES string of the molecule is Cc1cc(C(C)(O)CNS(=O)(=O)Cc2cccc(F)c2)c(C)o1. The lowest BCUT2D eigenvalue weighted by Gasteiger charge is -2.23. The second-order valence-electron chi connectivity index (χ2n) is 5.81. The van der Waals surface area contributed by atoms with Crippen LogP contribution in [0.1, 0.15) is 29.6 Å². The molecule has 1 atom stereocenters. The average molecular weight is 341 g/mol. The monoisotopic (exact) mass is 341 g/mol. The van der Waals surface area contributed by atoms with Crippen LogP contribution in [0.3, 0.4) is 0 Å². The summed E-state index contributed by atoms with van der Waals surface area (Å²) in [5.41, 5.74) is -0.535. The fraction of sp³-hybridized carbons (Fsp3) is 0.375. The van der Waals surface area contributed by atoms with Crippen LogP contribution in [0.4, 0.5) is 4.39 Å². The van der Waals surface area contributed by atoms with Gasteiger partial charge in [-0.2, -0.15) is 0 Å². The van der Waals surface area contributed by atoms with Crippen molar-refractivity contribution in [1.29, 1.82) is 0 Å². The Morgan fingerprint density at radius 1 is 1.30 bits per heavy atom. The summed E-state index contributed by atoms with van der Waals surface area (Å²) < 4.78 is 45.1. The number of halogens is 1. The normalized spacial score (nSPS) is 14.7. The summed E-state index contributed by atoms with van der Waals surface area (Å²) in [6, 6.07) is 7.08. The molecule has 23 heavy (non-hydrogen) atoms. The first-order valence-electron chi connectivity index (χ1n) is 7.11. The van der Waals surface area contributed by atoms with Crippen LogP contribution in [0, 0.1) is 19.7 Å². The van der Waals surface area contributed by atoms with E-state index in [9.17, 15) is 17.9 Å². The molecule has 0 fully saturated rings. The largest absolute Gasteiger partial charge is 0.466 e. The maximum atomic E-state index is 13.1. The third-order valence-electron chi connectivity index (χ3n) is 3.50. The van der Waals surface area contributed by atoms with Crippen molar-refractivity contribution >= 4 is 10.0 Å². The van der Waals surface area contributed by atoms with E-state index in [0.717, 1.165) is 0 Å². The summed E-state index contributed by atoms with van der Waals surface area (Å²) in [4.78, 5) is 0. The van der Waals surface area contributed by atoms with Crippen LogP contribution in [0.25, 0.3) is 0 Å². The summed E-state index contributed by atoms with van der Waals surface area (Å²) in [6.45, 7) is 4.76. The Morgan fingerprint density at radius 2 is 2.00 bits per heavy atom. The Bertz CT molecular complexity index is 796. The predicted octanol–water partition coefficient (Wildman–Crippen LogP) is 2.36. The van der Waals surface area contributed by atoms with Gasteiger partial charge in [0.05, 0.1) is 5.75 Å². The lowest BCUT2D eigenvalue weighted by atomic mass is 9.97. The van der Waals surface area contributed by atoms with Gasteiger partial charge in [-0.25, -0.2) is 17.5 Å². The van der Waals surface area contributed by atoms with Gasteiger partial charge in [0, 0.05) is 12.1 Å². The summed E-state index contributed by atoms with van der Waals surface area (Å²) >= 11 is 0. The van der Waals surface area contributed by atoms with Crippen molar-refractivity contribution in [3.63, 3.8) is 0 Å². The number of nitrogens with one attached hydrogen (secondary N) is 1. The lowest BCUT2D eigenvalue weighted by Crippen LogP contribution is -2.39. The van der Waals surface area contributed by atoms with Crippen LogP contribution in [0.5, 0.6) is 0 Å². The Kier molecular flexibility index (Phi) is 4.93. The highest BCUT2D eigenvalue weighted by Gasteiger charge is 2.29. The van der Waals surface area contributed by atoms with Gasteiger partial charge in [-0.15, -0.1) is 0 Å². The molecule has 1 aromatic carbocycles. The third kappa shape index (κ3) is 4.63. The smallest absolute Gasteiger partial charge is 0.215 e. The van der Waals surface area contributed by atoms with Gasteiger partial charge in [-0.05, 0) is 44.5 Å². The molecule has 2 N–H and O–H groups in total. The maximum Gasteiger partial charge on any atom is 0.215 e. The summed E-state index contributed by atoms with van der Waals surface area (Å²) in [6.07, 6.45) is 0. The topological polar surface area (TPSA) is 79.5 Å². The fourth-order valence-corrected chi connectivity index (χ4v) is 3.63. The molecule has 0 spiro atoms. The predicted molar refractivity (Wildman–Crippen MR) is 84.8 cm³/mol. The second kappa shape index (κ2) is 6.43. The zero-order valence-electron chi connectivity index (χ0n) is 13.3. The lowest BCUT2D eigenvalue weighted by molar-refractivity contribution is 0.0612. The molecule has 7 heteroatoms. The van der Waals surface area contributed by atoms with Crippen molar-refractivity contribution in [1.82, 2.24) is 4.72 Å². The zero-order chi connectivity index (χ0) is 17.3. The van der Waals surface area contributed by atoms with Crippen LogP contribution in [0.2, 0.25) is 0 Å². The van der Waals surface area contributed by atoms with E-state index in [4.69, 9.17) is 4.42 Å². The van der Waals surface area contributed by atoms with Gasteiger partial charge in [0.25, 0.3) is 0 Å². The first-order chi connectivity index (χ1) is 10.6. The van der Waals surface area contributed by atoms with E-state index in [2.05, 4.69) is 4.72 Å². The van der Waals surface area contributed by atoms with Gasteiger partial charge in [-0.3, -0.25) is 0 Å². The quantitative estimate of drug-likeness (QED) is 0.845. The minimum absolute atomic E-state index is 0.204. The first kappa shape index (κ1) is 17.7. The van der Waals surface area contributed by atoms with E-state index in [0.29, 0.717) is 22.6 Å². The number of rotatable bonds is 6. The van der Waals surface area contributed by atoms with Gasteiger partial charge in [0.15, 0.2) is 0 Å². The molecule has 1 aromatic heterocycles. The van der Waals surface area contributed by atoms with Gasteiger partial charge >= 0.3 is 0 Å². The second-order valence-corrected chi connectivity index (χ2v) is 7.62. The molecule has 1 heterocycles. The molecule has 0 aliphatic heterocycles. The van der Waals surface area contributed by atoms with Crippen molar-refractivity contribution in [3.8, 4) is 0 Å². The van der Waals surface area contributed by atoms with Crippen LogP contribution in [-0.4, -0.2) is 20.1 Å². The number of aliphatic hydroxyl groups is 1. The van der Waals surface area contributed by atoms with Gasteiger partial charge < -0.3 is 9.52 Å². The number of sulfonamides is 1. The number of hydrogen-bond acceptors (Lipinski definition) is 4. The molecule has 2 rings (SSSR count). The van der Waals surface area contributed by atoms with E-state index < -0.39 is 21.4 Å². The molecule has 1 unspecified atom stereocenters. The zero-order valence-corrected chi connectivity index (χ0v) is 14.1. The highest BCUT2D eigenvalue weighted by molar-refractivity contribution is 7.88. The third-order valence-corrected chi connectivity index (χ3v) is 4.80. The average Bonchev–Trinajstić information content (AvgIpc) is 2.76. The molecule has 126 valence electrons. The van der Waals surface area contributed by atoms with Gasteiger partial charge in [-0.1, -0.05) is 12.1 Å². The molecule has 2 aromatic rings. The van der Waals surface area contributed by atoms with Crippen molar-refractivity contribution in [2.24, 2.45) is 0 Å². The molecular formula is C16H20FNO4S. The summed E-state index contributed by atoms with van der Waals surface area (Å²) in [5, 5.41) is 10.5. The summed E-state index contributed by atoms with van der Waals surface area (Å²) in [5.74, 6) is 0.330. The maximum absolute atomic E-state index is 13.1. The molecule has 0 saturated carbocycles. The molecule has 0 bridgehead atoms. The molecule has 0 aliphatic rings. The van der Waals surface area contributed by atoms with Crippen molar-refractivity contribution in [3.05, 3.63) is 58.8 Å². The van der Waals surface area contributed by atoms with Crippen LogP contribution in [0.15, 0.2) is 34.7 Å². The number of benzene rings is 1. The fourth-order valence-electron chi connectivity index (χ4n) is 2.41. The van der Waals surface area contributed by atoms with Crippen molar-refractivity contribution in [2.45, 2.75) is 32.1 Å². The Balaban J connectivity index is 2.07. The van der Waals surface area contributed by atoms with E-state index in [1.807, 2.05) is 0 Å². The van der Waals surface area contributed by atoms with Gasteiger partial charge in [0.2, 0.25) is 10.0 Å². The molecule has 0 amide bonds. The first-order valence-corrected chi connectivity index (χ1v) is 8.76. The van der Waals surface area contributed by atoms with E-state index >= 15 is 0 Å². The summed E-state index contributed by atoms with van der Waals surface area (Å²) in [7, 11) is -3.71. The standard InChI is InChI=1S/C16H20FNO4S/c1-11-7-15(12(2)22-11)16(3,19)10-18-23(20,21)9-13-5-4-6-14(17)8-13/h4-8,18-19H,9-10H2,1-3H3. The molecule has 0 saturated heterocycles. The Morgan fingerprint density at radius 3 is 2.57 bits per heavy atom. The van der Waals surface area contributed by atoms with Crippen LogP contribution < -0.4 is 4.72 Å². The van der Waals surface area contributed by atoms with Crippen molar-refractivity contribution in [2.75, 3.05) is 6.54 Å². The Hall–Kier alpha value is -1.70. The van der Waals surface area contributed by atoms with Crippen LogP contribution >= 0.6 is 0 Å². The van der Waals surface area contributed by atoms with Gasteiger partial charge in [0.1, 0.15) is 22.9 Å². The number of hydrogen-bond donors (Lipinski definition) is 2. The van der Waals surface area contributed by atoms with E-state index in [1.54, 1.807) is 19.9 Å². The van der Waals surface area contributed by atoms with E-state index in [-0.39, 0.29) is 12.3 Å². The molecular weight excluding hydrogens is 321 g/mol. The minimum Gasteiger partial charge on any atom is -0.466 e. The number of aryl methyl sites for hydroxylation is 2. The molecule has 5 nitrogen and oxygen atoms in total. The highest BCUT2D eigenvalue weighted by Crippen LogP contribution is 2.26. The van der Waals surface area contributed by atoms with Crippen molar-refractivity contribution < 1.29 is 22.3 Å². The van der Waals surface area contributed by atoms with Crippen LogP contribution in [-0.2, 0) is 21.4 Å². The highest BCUT2D eigenvalue weighted by atomic mass is 32.2. The molecule has 0 radical (unpaired) electrons. The Labute approximate surface area is 135 Å². The number of furan rings is 1. The minimum atomic E-state index is -3.71. The van der Waals surface area contributed by atoms with E-state index in [1.165, 1.54) is 31.2 Å². The molecule has 0 aliphatic carbocycles.